The molecular weight excluding hydrogens is 326 g/mol. The molecule has 0 radical (unpaired) electrons. The number of hydrogen-bond donors (Lipinski definition) is 0. The van der Waals surface area contributed by atoms with Gasteiger partial charge in [0.05, 0.1) is 14.2 Å². The molecule has 134 valence electrons. The van der Waals surface area contributed by atoms with Crippen LogP contribution in [0, 0.1) is 13.8 Å². The van der Waals surface area contributed by atoms with Gasteiger partial charge in [-0.15, -0.1) is 0 Å². The second kappa shape index (κ2) is 7.91. The van der Waals surface area contributed by atoms with Gasteiger partial charge in [-0.05, 0) is 60.9 Å². The van der Waals surface area contributed by atoms with Crippen molar-refractivity contribution in [1.82, 2.24) is 4.98 Å². The molecule has 0 N–H and O–H groups in total. The Morgan fingerprint density at radius 2 is 1.50 bits per heavy atom. The fourth-order valence-corrected chi connectivity index (χ4v) is 2.92. The Balaban J connectivity index is 1.80. The lowest BCUT2D eigenvalue weighted by atomic mass is 10.1. The Morgan fingerprint density at radius 1 is 0.769 bits per heavy atom. The normalized spacial score (nSPS) is 10.5. The predicted octanol–water partition coefficient (Wildman–Crippen LogP) is 4.96. The average molecular weight is 349 g/mol. The summed E-state index contributed by atoms with van der Waals surface area (Å²) in [5.74, 6) is 2.28. The van der Waals surface area contributed by atoms with Gasteiger partial charge in [-0.25, -0.2) is 0 Å². The zero-order valence-corrected chi connectivity index (χ0v) is 15.6. The third-order valence-electron chi connectivity index (χ3n) is 4.11. The van der Waals surface area contributed by atoms with Gasteiger partial charge in [0, 0.05) is 23.5 Å². The number of aryl methyl sites for hydroxylation is 2. The molecule has 0 aliphatic rings. The summed E-state index contributed by atoms with van der Waals surface area (Å²) in [5.41, 5.74) is 5.42. The maximum absolute atomic E-state index is 5.94. The van der Waals surface area contributed by atoms with Crippen molar-refractivity contribution in [2.24, 2.45) is 0 Å². The molecule has 2 aromatic carbocycles. The van der Waals surface area contributed by atoms with Crippen molar-refractivity contribution < 1.29 is 14.2 Å². The van der Waals surface area contributed by atoms with Crippen LogP contribution in [0.25, 0.3) is 11.1 Å². The molecule has 3 aromatic rings. The number of hydrogen-bond acceptors (Lipinski definition) is 4. The van der Waals surface area contributed by atoms with E-state index in [0.29, 0.717) is 18.1 Å². The van der Waals surface area contributed by atoms with Crippen LogP contribution in [-0.4, -0.2) is 19.2 Å². The van der Waals surface area contributed by atoms with Gasteiger partial charge in [0.25, 0.3) is 0 Å². The van der Waals surface area contributed by atoms with Gasteiger partial charge in [-0.3, -0.25) is 4.98 Å². The molecule has 0 amide bonds. The number of pyridine rings is 1. The molecule has 3 rings (SSSR count). The topological polar surface area (TPSA) is 40.6 Å². The molecule has 0 atom stereocenters. The van der Waals surface area contributed by atoms with E-state index in [4.69, 9.17) is 14.2 Å². The molecule has 0 bridgehead atoms. The zero-order chi connectivity index (χ0) is 18.5. The Labute approximate surface area is 154 Å². The average Bonchev–Trinajstić information content (AvgIpc) is 2.65. The predicted molar refractivity (Wildman–Crippen MR) is 103 cm³/mol. The number of rotatable bonds is 6. The van der Waals surface area contributed by atoms with E-state index in [-0.39, 0.29) is 0 Å². The van der Waals surface area contributed by atoms with Crippen molar-refractivity contribution in [3.05, 3.63) is 71.5 Å². The third-order valence-corrected chi connectivity index (χ3v) is 4.11. The first-order valence-electron chi connectivity index (χ1n) is 8.46. The van der Waals surface area contributed by atoms with Crippen molar-refractivity contribution in [3.8, 4) is 28.4 Å². The van der Waals surface area contributed by atoms with Crippen molar-refractivity contribution in [2.75, 3.05) is 14.2 Å². The largest absolute Gasteiger partial charge is 0.493 e. The van der Waals surface area contributed by atoms with E-state index < -0.39 is 0 Å². The minimum Gasteiger partial charge on any atom is -0.493 e. The summed E-state index contributed by atoms with van der Waals surface area (Å²) in [6.45, 7) is 4.61. The van der Waals surface area contributed by atoms with Crippen LogP contribution >= 0.6 is 0 Å². The van der Waals surface area contributed by atoms with Crippen LogP contribution in [0.2, 0.25) is 0 Å². The quantitative estimate of drug-likeness (QED) is 0.630. The SMILES string of the molecule is COc1ccc(-c2cncc(COc3cc(C)cc(C)c3)c2)cc1OC. The first kappa shape index (κ1) is 17.8. The number of nitrogens with zero attached hydrogens (tertiary/aromatic N) is 1. The zero-order valence-electron chi connectivity index (χ0n) is 15.6. The van der Waals surface area contributed by atoms with E-state index in [0.717, 1.165) is 22.4 Å². The standard InChI is InChI=1S/C22H23NO3/c1-15-7-16(2)9-20(8-15)26-14-17-10-19(13-23-12-17)18-5-6-21(24-3)22(11-18)25-4/h5-13H,14H2,1-4H3. The molecule has 0 unspecified atom stereocenters. The minimum atomic E-state index is 0.469. The number of methoxy groups -OCH3 is 2. The molecule has 0 aliphatic heterocycles. The highest BCUT2D eigenvalue weighted by atomic mass is 16.5. The van der Waals surface area contributed by atoms with Crippen molar-refractivity contribution >= 4 is 0 Å². The van der Waals surface area contributed by atoms with Gasteiger partial charge in [-0.2, -0.15) is 0 Å². The van der Waals surface area contributed by atoms with Crippen molar-refractivity contribution in [1.29, 1.82) is 0 Å². The van der Waals surface area contributed by atoms with Crippen LogP contribution in [0.1, 0.15) is 16.7 Å². The Hall–Kier alpha value is -3.01. The number of benzene rings is 2. The fourth-order valence-electron chi connectivity index (χ4n) is 2.92. The summed E-state index contributed by atoms with van der Waals surface area (Å²) in [6.07, 6.45) is 3.66. The molecule has 26 heavy (non-hydrogen) atoms. The summed E-state index contributed by atoms with van der Waals surface area (Å²) < 4.78 is 16.6. The van der Waals surface area contributed by atoms with E-state index in [1.165, 1.54) is 11.1 Å². The van der Waals surface area contributed by atoms with Gasteiger partial charge < -0.3 is 14.2 Å². The van der Waals surface area contributed by atoms with Gasteiger partial charge in [0.2, 0.25) is 0 Å². The Bertz CT molecular complexity index is 885. The van der Waals surface area contributed by atoms with Gasteiger partial charge in [-0.1, -0.05) is 12.1 Å². The van der Waals surface area contributed by atoms with E-state index in [2.05, 4.69) is 31.0 Å². The molecule has 0 fully saturated rings. The van der Waals surface area contributed by atoms with Crippen LogP contribution < -0.4 is 14.2 Å². The molecule has 4 heteroatoms. The number of aromatic nitrogens is 1. The van der Waals surface area contributed by atoms with Crippen LogP contribution in [-0.2, 0) is 6.61 Å². The lowest BCUT2D eigenvalue weighted by Gasteiger charge is -2.11. The van der Waals surface area contributed by atoms with Crippen molar-refractivity contribution in [2.45, 2.75) is 20.5 Å². The monoisotopic (exact) mass is 349 g/mol. The maximum atomic E-state index is 5.94. The summed E-state index contributed by atoms with van der Waals surface area (Å²) in [4.78, 5) is 4.35. The van der Waals surface area contributed by atoms with E-state index in [1.54, 1.807) is 14.2 Å². The van der Waals surface area contributed by atoms with E-state index in [1.807, 2.05) is 42.7 Å². The second-order valence-corrected chi connectivity index (χ2v) is 6.26. The fraction of sp³-hybridized carbons (Fsp3) is 0.227. The lowest BCUT2D eigenvalue weighted by Crippen LogP contribution is -1.97. The molecule has 0 spiro atoms. The first-order valence-corrected chi connectivity index (χ1v) is 8.46. The molecule has 4 nitrogen and oxygen atoms in total. The highest BCUT2D eigenvalue weighted by molar-refractivity contribution is 5.67. The minimum absolute atomic E-state index is 0.469. The van der Waals surface area contributed by atoms with E-state index in [9.17, 15) is 0 Å². The lowest BCUT2D eigenvalue weighted by molar-refractivity contribution is 0.305. The Kier molecular flexibility index (Phi) is 5.42. The van der Waals surface area contributed by atoms with Gasteiger partial charge >= 0.3 is 0 Å². The summed E-state index contributed by atoms with van der Waals surface area (Å²) in [7, 11) is 3.26. The third kappa shape index (κ3) is 4.14. The van der Waals surface area contributed by atoms with Crippen LogP contribution in [0.15, 0.2) is 54.9 Å². The highest BCUT2D eigenvalue weighted by Gasteiger charge is 2.07. The van der Waals surface area contributed by atoms with Gasteiger partial charge in [0.1, 0.15) is 12.4 Å². The Morgan fingerprint density at radius 3 is 2.19 bits per heavy atom. The van der Waals surface area contributed by atoms with Crippen molar-refractivity contribution in [3.63, 3.8) is 0 Å². The first-order chi connectivity index (χ1) is 12.6. The van der Waals surface area contributed by atoms with E-state index >= 15 is 0 Å². The highest BCUT2D eigenvalue weighted by Crippen LogP contribution is 2.32. The molecular formula is C22H23NO3. The molecule has 0 saturated heterocycles. The summed E-state index contributed by atoms with van der Waals surface area (Å²) >= 11 is 0. The molecule has 0 saturated carbocycles. The maximum Gasteiger partial charge on any atom is 0.161 e. The van der Waals surface area contributed by atoms with Crippen LogP contribution in [0.3, 0.4) is 0 Å². The smallest absolute Gasteiger partial charge is 0.161 e. The summed E-state index contributed by atoms with van der Waals surface area (Å²) in [5, 5.41) is 0. The molecule has 1 heterocycles. The van der Waals surface area contributed by atoms with Gasteiger partial charge in [0.15, 0.2) is 11.5 Å². The number of ether oxygens (including phenoxy) is 3. The second-order valence-electron chi connectivity index (χ2n) is 6.26. The molecule has 1 aromatic heterocycles. The molecule has 0 aliphatic carbocycles. The van der Waals surface area contributed by atoms with Crippen LogP contribution in [0.4, 0.5) is 0 Å². The van der Waals surface area contributed by atoms with Crippen LogP contribution in [0.5, 0.6) is 17.2 Å². The summed E-state index contributed by atoms with van der Waals surface area (Å²) in [6, 6.07) is 14.1.